The summed E-state index contributed by atoms with van der Waals surface area (Å²) in [5.74, 6) is -0.887. The highest BCUT2D eigenvalue weighted by Crippen LogP contribution is 2.26. The third kappa shape index (κ3) is 7.79. The van der Waals surface area contributed by atoms with Crippen molar-refractivity contribution in [3.05, 3.63) is 129 Å². The Bertz CT molecular complexity index is 1630. The second-order valence-electron chi connectivity index (χ2n) is 9.77. The summed E-state index contributed by atoms with van der Waals surface area (Å²) in [6, 6.07) is 28.6. The lowest BCUT2D eigenvalue weighted by Gasteiger charge is -2.33. The van der Waals surface area contributed by atoms with Crippen LogP contribution >= 0.6 is 27.5 Å². The van der Waals surface area contributed by atoms with Crippen molar-refractivity contribution in [2.75, 3.05) is 17.9 Å². The van der Waals surface area contributed by atoms with Gasteiger partial charge in [-0.15, -0.1) is 0 Å². The molecule has 1 atom stereocenters. The van der Waals surface area contributed by atoms with Gasteiger partial charge in [0.2, 0.25) is 11.8 Å². The summed E-state index contributed by atoms with van der Waals surface area (Å²) in [5.41, 5.74) is 2.91. The fourth-order valence-electron chi connectivity index (χ4n) is 4.53. The van der Waals surface area contributed by atoms with E-state index in [4.69, 9.17) is 11.6 Å². The van der Waals surface area contributed by atoms with Gasteiger partial charge in [-0.1, -0.05) is 87.7 Å². The van der Waals surface area contributed by atoms with E-state index in [-0.39, 0.29) is 23.8 Å². The first kappa shape index (κ1) is 31.3. The monoisotopic (exact) mass is 667 g/mol. The average molecular weight is 669 g/mol. The van der Waals surface area contributed by atoms with E-state index in [0.717, 1.165) is 25.5 Å². The summed E-state index contributed by atoms with van der Waals surface area (Å²) in [6.45, 7) is 1.46. The van der Waals surface area contributed by atoms with Crippen LogP contribution in [0.25, 0.3) is 0 Å². The largest absolute Gasteiger partial charge is 0.357 e. The zero-order valence-electron chi connectivity index (χ0n) is 23.2. The molecular weight excluding hydrogens is 638 g/mol. The van der Waals surface area contributed by atoms with E-state index in [9.17, 15) is 18.0 Å². The van der Waals surface area contributed by atoms with Gasteiger partial charge < -0.3 is 10.2 Å². The maximum Gasteiger partial charge on any atom is 0.264 e. The van der Waals surface area contributed by atoms with E-state index >= 15 is 0 Å². The number of hydrogen-bond acceptors (Lipinski definition) is 4. The van der Waals surface area contributed by atoms with Gasteiger partial charge in [-0.2, -0.15) is 0 Å². The number of amides is 2. The van der Waals surface area contributed by atoms with Crippen molar-refractivity contribution in [3.63, 3.8) is 0 Å². The van der Waals surface area contributed by atoms with Gasteiger partial charge in [0.25, 0.3) is 10.0 Å². The predicted octanol–water partition coefficient (Wildman–Crippen LogP) is 5.99. The molecule has 0 radical (unpaired) electrons. The molecule has 42 heavy (non-hydrogen) atoms. The van der Waals surface area contributed by atoms with Crippen LogP contribution in [0.1, 0.15) is 16.7 Å². The molecule has 4 rings (SSSR count). The minimum Gasteiger partial charge on any atom is -0.357 e. The second kappa shape index (κ2) is 14.0. The molecule has 4 aromatic rings. The van der Waals surface area contributed by atoms with Gasteiger partial charge >= 0.3 is 0 Å². The van der Waals surface area contributed by atoms with E-state index in [1.165, 1.54) is 36.2 Å². The molecule has 4 aromatic carbocycles. The van der Waals surface area contributed by atoms with Gasteiger partial charge in [-0.3, -0.25) is 13.9 Å². The first-order valence-corrected chi connectivity index (χ1v) is 15.8. The number of nitrogens with zero attached hydrogens (tertiary/aromatic N) is 2. The molecule has 10 heteroatoms. The highest BCUT2D eigenvalue weighted by Gasteiger charge is 2.34. The van der Waals surface area contributed by atoms with Gasteiger partial charge in [0, 0.05) is 29.5 Å². The Kier molecular flexibility index (Phi) is 10.4. The Morgan fingerprint density at radius 1 is 0.881 bits per heavy atom. The number of likely N-dealkylation sites (N-methyl/N-ethyl adjacent to an activating group) is 1. The number of nitrogens with one attached hydrogen (secondary N) is 1. The number of anilines is 1. The number of carbonyl (C=O) groups excluding carboxylic acids is 2. The van der Waals surface area contributed by atoms with E-state index in [2.05, 4.69) is 21.2 Å². The fourth-order valence-corrected chi connectivity index (χ4v) is 6.51. The van der Waals surface area contributed by atoms with Crippen LogP contribution in [0, 0.1) is 6.92 Å². The first-order valence-electron chi connectivity index (χ1n) is 13.2. The van der Waals surface area contributed by atoms with Crippen molar-refractivity contribution >= 4 is 55.1 Å². The van der Waals surface area contributed by atoms with Gasteiger partial charge in [0.05, 0.1) is 10.6 Å². The lowest BCUT2D eigenvalue weighted by molar-refractivity contribution is -0.139. The number of sulfonamides is 1. The van der Waals surface area contributed by atoms with Gasteiger partial charge in [-0.25, -0.2) is 8.42 Å². The summed E-state index contributed by atoms with van der Waals surface area (Å²) in [5, 5.41) is 3.07. The molecule has 218 valence electrons. The van der Waals surface area contributed by atoms with E-state index in [0.29, 0.717) is 10.7 Å². The maximum absolute atomic E-state index is 14.3. The Balaban J connectivity index is 1.78. The second-order valence-corrected chi connectivity index (χ2v) is 13.0. The van der Waals surface area contributed by atoms with Crippen LogP contribution in [0.3, 0.4) is 0 Å². The fraction of sp³-hybridized carbons (Fsp3) is 0.188. The van der Waals surface area contributed by atoms with E-state index in [1.807, 2.05) is 61.5 Å². The lowest BCUT2D eigenvalue weighted by Crippen LogP contribution is -2.53. The molecule has 0 aliphatic carbocycles. The molecule has 2 amide bonds. The van der Waals surface area contributed by atoms with E-state index in [1.54, 1.807) is 24.3 Å². The van der Waals surface area contributed by atoms with E-state index < -0.39 is 28.5 Å². The number of aryl methyl sites for hydroxylation is 1. The maximum atomic E-state index is 14.3. The molecule has 0 aromatic heterocycles. The normalized spacial score (nSPS) is 11.9. The molecule has 0 aliphatic rings. The van der Waals surface area contributed by atoms with Crippen molar-refractivity contribution in [3.8, 4) is 0 Å². The van der Waals surface area contributed by atoms with Crippen LogP contribution in [0.2, 0.25) is 5.02 Å². The smallest absolute Gasteiger partial charge is 0.264 e. The molecule has 7 nitrogen and oxygen atoms in total. The molecule has 1 N–H and O–H groups in total. The molecule has 0 spiro atoms. The molecule has 0 saturated carbocycles. The highest BCUT2D eigenvalue weighted by molar-refractivity contribution is 9.10. The lowest BCUT2D eigenvalue weighted by atomic mass is 10.0. The van der Waals surface area contributed by atoms with Crippen molar-refractivity contribution in [2.45, 2.75) is 30.8 Å². The van der Waals surface area contributed by atoms with Crippen LogP contribution in [0.5, 0.6) is 0 Å². The third-order valence-electron chi connectivity index (χ3n) is 6.76. The van der Waals surface area contributed by atoms with Crippen molar-refractivity contribution < 1.29 is 18.0 Å². The van der Waals surface area contributed by atoms with Crippen LogP contribution in [-0.2, 0) is 32.6 Å². The van der Waals surface area contributed by atoms with Crippen LogP contribution < -0.4 is 9.62 Å². The van der Waals surface area contributed by atoms with Crippen LogP contribution in [0.4, 0.5) is 5.69 Å². The van der Waals surface area contributed by atoms with Crippen molar-refractivity contribution in [1.29, 1.82) is 0 Å². The number of benzene rings is 4. The molecule has 0 heterocycles. The molecular formula is C32H31BrClN3O4S. The number of halogens is 2. The summed E-state index contributed by atoms with van der Waals surface area (Å²) in [6.07, 6.45) is 0.245. The molecule has 0 bridgehead atoms. The Labute approximate surface area is 260 Å². The summed E-state index contributed by atoms with van der Waals surface area (Å²) < 4.78 is 29.8. The average Bonchev–Trinajstić information content (AvgIpc) is 2.98. The number of hydrogen-bond donors (Lipinski definition) is 1. The van der Waals surface area contributed by atoms with Gasteiger partial charge in [0.1, 0.15) is 12.6 Å². The molecule has 0 fully saturated rings. The van der Waals surface area contributed by atoms with Crippen LogP contribution in [-0.4, -0.2) is 44.8 Å². The Morgan fingerprint density at radius 3 is 2.14 bits per heavy atom. The standard InChI is InChI=1S/C32H31BrClN3O4S/c1-23-11-15-28(16-12-23)37(42(40,41)29-17-13-27(34)14-18-29)22-31(38)36(21-25-9-6-10-26(33)19-25)30(32(39)35-2)20-24-7-4-3-5-8-24/h3-19,30H,20-22H2,1-2H3,(H,35,39)/t30-/m1/s1. The topological polar surface area (TPSA) is 86.8 Å². The Morgan fingerprint density at radius 2 is 1.52 bits per heavy atom. The molecule has 0 unspecified atom stereocenters. The zero-order valence-corrected chi connectivity index (χ0v) is 26.4. The van der Waals surface area contributed by atoms with Crippen molar-refractivity contribution in [2.24, 2.45) is 0 Å². The summed E-state index contributed by atoms with van der Waals surface area (Å²) in [4.78, 5) is 29.0. The Hall–Kier alpha value is -3.66. The van der Waals surface area contributed by atoms with Crippen molar-refractivity contribution in [1.82, 2.24) is 10.2 Å². The molecule has 0 saturated heterocycles. The number of rotatable bonds is 11. The minimum atomic E-state index is -4.18. The highest BCUT2D eigenvalue weighted by atomic mass is 79.9. The molecule has 0 aliphatic heterocycles. The zero-order chi connectivity index (χ0) is 30.3. The minimum absolute atomic E-state index is 0.00838. The number of carbonyl (C=O) groups is 2. The summed E-state index contributed by atoms with van der Waals surface area (Å²) in [7, 11) is -2.66. The van der Waals surface area contributed by atoms with Gasteiger partial charge in [-0.05, 0) is 66.6 Å². The predicted molar refractivity (Wildman–Crippen MR) is 170 cm³/mol. The first-order chi connectivity index (χ1) is 20.1. The third-order valence-corrected chi connectivity index (χ3v) is 9.30. The summed E-state index contributed by atoms with van der Waals surface area (Å²) >= 11 is 9.50. The quantitative estimate of drug-likeness (QED) is 0.213. The van der Waals surface area contributed by atoms with Crippen LogP contribution in [0.15, 0.2) is 112 Å². The van der Waals surface area contributed by atoms with Gasteiger partial charge in [0.15, 0.2) is 0 Å². The SMILES string of the molecule is CNC(=O)[C@@H](Cc1ccccc1)N(Cc1cccc(Br)c1)C(=O)CN(c1ccc(C)cc1)S(=O)(=O)c1ccc(Cl)cc1.